The highest BCUT2D eigenvalue weighted by Crippen LogP contribution is 2.49. The predicted octanol–water partition coefficient (Wildman–Crippen LogP) is 3.31. The quantitative estimate of drug-likeness (QED) is 0.491. The zero-order chi connectivity index (χ0) is 22.1. The second kappa shape index (κ2) is 8.29. The third-order valence-electron chi connectivity index (χ3n) is 5.59. The van der Waals surface area contributed by atoms with E-state index in [0.29, 0.717) is 40.1 Å². The fourth-order valence-corrected chi connectivity index (χ4v) is 4.07. The van der Waals surface area contributed by atoms with Crippen molar-refractivity contribution in [3.63, 3.8) is 0 Å². The summed E-state index contributed by atoms with van der Waals surface area (Å²) in [5.41, 5.74) is 2.08. The standard InChI is InChI=1S/C23H24O8/c1-12-15(10-29-23(12)24)20(13-6-16(25-2)21(28-5)17(7-13)26-3)14-8-18(27-4)22-19(9-14)30-11-31-22/h6-9,15,20H,1,10-11H2,2-5H3. The Hall–Kier alpha value is -3.55. The number of methoxy groups -OCH3 is 4. The highest BCUT2D eigenvalue weighted by Gasteiger charge is 2.39. The van der Waals surface area contributed by atoms with E-state index in [-0.39, 0.29) is 25.2 Å². The maximum Gasteiger partial charge on any atom is 0.333 e. The lowest BCUT2D eigenvalue weighted by atomic mass is 9.78. The summed E-state index contributed by atoms with van der Waals surface area (Å²) >= 11 is 0. The van der Waals surface area contributed by atoms with Crippen LogP contribution in [0.15, 0.2) is 36.4 Å². The van der Waals surface area contributed by atoms with Gasteiger partial charge < -0.3 is 33.2 Å². The summed E-state index contributed by atoms with van der Waals surface area (Å²) < 4.78 is 38.5. The van der Waals surface area contributed by atoms with Crippen LogP contribution in [0.3, 0.4) is 0 Å². The number of rotatable bonds is 7. The van der Waals surface area contributed by atoms with Gasteiger partial charge in [0, 0.05) is 17.4 Å². The van der Waals surface area contributed by atoms with Gasteiger partial charge in [-0.25, -0.2) is 4.79 Å². The minimum Gasteiger partial charge on any atom is -0.493 e. The van der Waals surface area contributed by atoms with Gasteiger partial charge in [0.25, 0.3) is 0 Å². The molecule has 0 aliphatic carbocycles. The molecule has 0 amide bonds. The topological polar surface area (TPSA) is 81.7 Å². The first kappa shape index (κ1) is 20.7. The number of ether oxygens (including phenoxy) is 7. The van der Waals surface area contributed by atoms with Crippen LogP contribution in [0, 0.1) is 5.92 Å². The predicted molar refractivity (Wildman–Crippen MR) is 111 cm³/mol. The Morgan fingerprint density at radius 1 is 0.871 bits per heavy atom. The molecule has 0 N–H and O–H groups in total. The van der Waals surface area contributed by atoms with Crippen LogP contribution in [-0.2, 0) is 9.53 Å². The van der Waals surface area contributed by atoms with E-state index < -0.39 is 5.97 Å². The minimum absolute atomic E-state index is 0.113. The van der Waals surface area contributed by atoms with Crippen molar-refractivity contribution in [3.8, 4) is 34.5 Å². The monoisotopic (exact) mass is 428 g/mol. The summed E-state index contributed by atoms with van der Waals surface area (Å²) in [6.07, 6.45) is 0. The summed E-state index contributed by atoms with van der Waals surface area (Å²) in [5.74, 6) is 2.11. The number of benzene rings is 2. The minimum atomic E-state index is -0.407. The molecule has 0 spiro atoms. The summed E-state index contributed by atoms with van der Waals surface area (Å²) in [7, 11) is 6.23. The number of carbonyl (C=O) groups is 1. The van der Waals surface area contributed by atoms with Gasteiger partial charge in [-0.15, -0.1) is 0 Å². The van der Waals surface area contributed by atoms with Crippen molar-refractivity contribution in [3.05, 3.63) is 47.5 Å². The molecule has 2 aromatic carbocycles. The lowest BCUT2D eigenvalue weighted by Gasteiger charge is -2.26. The molecule has 2 heterocycles. The van der Waals surface area contributed by atoms with Gasteiger partial charge in [-0.3, -0.25) is 0 Å². The number of hydrogen-bond acceptors (Lipinski definition) is 8. The van der Waals surface area contributed by atoms with E-state index >= 15 is 0 Å². The van der Waals surface area contributed by atoms with Crippen molar-refractivity contribution in [1.29, 1.82) is 0 Å². The molecular formula is C23H24O8. The number of cyclic esters (lactones) is 1. The van der Waals surface area contributed by atoms with Gasteiger partial charge in [0.15, 0.2) is 23.0 Å². The van der Waals surface area contributed by atoms with Crippen LogP contribution >= 0.6 is 0 Å². The Bertz CT molecular complexity index is 1000. The first-order valence-electron chi connectivity index (χ1n) is 9.65. The molecular weight excluding hydrogens is 404 g/mol. The fraction of sp³-hybridized carbons (Fsp3) is 0.348. The largest absolute Gasteiger partial charge is 0.493 e. The Balaban J connectivity index is 1.92. The van der Waals surface area contributed by atoms with Crippen molar-refractivity contribution in [1.82, 2.24) is 0 Å². The number of hydrogen-bond donors (Lipinski definition) is 0. The Labute approximate surface area is 180 Å². The molecule has 2 unspecified atom stereocenters. The first-order valence-corrected chi connectivity index (χ1v) is 9.65. The molecule has 0 saturated carbocycles. The normalized spacial score (nSPS) is 17.9. The fourth-order valence-electron chi connectivity index (χ4n) is 4.07. The van der Waals surface area contributed by atoms with Crippen molar-refractivity contribution in [2.24, 2.45) is 5.92 Å². The van der Waals surface area contributed by atoms with Gasteiger partial charge in [-0.2, -0.15) is 0 Å². The van der Waals surface area contributed by atoms with Crippen LogP contribution in [0.1, 0.15) is 17.0 Å². The van der Waals surface area contributed by atoms with Crippen molar-refractivity contribution < 1.29 is 38.0 Å². The van der Waals surface area contributed by atoms with Gasteiger partial charge in [0.05, 0.1) is 35.0 Å². The van der Waals surface area contributed by atoms with Gasteiger partial charge in [-0.05, 0) is 35.4 Å². The zero-order valence-corrected chi connectivity index (χ0v) is 17.9. The molecule has 4 rings (SSSR count). The average molecular weight is 428 g/mol. The maximum absolute atomic E-state index is 12.1. The van der Waals surface area contributed by atoms with E-state index in [1.165, 1.54) is 0 Å². The third-order valence-corrected chi connectivity index (χ3v) is 5.59. The van der Waals surface area contributed by atoms with Crippen LogP contribution in [0.25, 0.3) is 0 Å². The lowest BCUT2D eigenvalue weighted by molar-refractivity contribution is -0.135. The number of esters is 1. The molecule has 0 aromatic heterocycles. The van der Waals surface area contributed by atoms with Gasteiger partial charge in [0.2, 0.25) is 18.3 Å². The van der Waals surface area contributed by atoms with E-state index in [2.05, 4.69) is 6.58 Å². The Morgan fingerprint density at radius 2 is 1.48 bits per heavy atom. The SMILES string of the molecule is C=C1C(=O)OCC1C(c1cc(OC)c(OC)c(OC)c1)c1cc(OC)c2c(c1)OCO2. The average Bonchev–Trinajstić information content (AvgIpc) is 3.40. The molecule has 0 bridgehead atoms. The smallest absolute Gasteiger partial charge is 0.333 e. The van der Waals surface area contributed by atoms with Crippen LogP contribution in [0.2, 0.25) is 0 Å². The maximum atomic E-state index is 12.1. The zero-order valence-electron chi connectivity index (χ0n) is 17.9. The van der Waals surface area contributed by atoms with E-state index in [9.17, 15) is 4.79 Å². The number of fused-ring (bicyclic) bond motifs is 1. The van der Waals surface area contributed by atoms with Gasteiger partial charge in [0.1, 0.15) is 0 Å². The Morgan fingerprint density at radius 3 is 2.03 bits per heavy atom. The van der Waals surface area contributed by atoms with E-state index in [4.69, 9.17) is 33.2 Å². The molecule has 0 radical (unpaired) electrons. The van der Waals surface area contributed by atoms with Crippen molar-refractivity contribution in [2.45, 2.75) is 5.92 Å². The lowest BCUT2D eigenvalue weighted by Crippen LogP contribution is -2.17. The highest BCUT2D eigenvalue weighted by atomic mass is 16.7. The number of carbonyl (C=O) groups excluding carboxylic acids is 1. The third kappa shape index (κ3) is 3.48. The van der Waals surface area contributed by atoms with Gasteiger partial charge >= 0.3 is 5.97 Å². The molecule has 2 aromatic rings. The van der Waals surface area contributed by atoms with E-state index in [1.54, 1.807) is 28.4 Å². The molecule has 1 saturated heterocycles. The van der Waals surface area contributed by atoms with Crippen LogP contribution in [0.4, 0.5) is 0 Å². The Kier molecular flexibility index (Phi) is 5.54. The summed E-state index contributed by atoms with van der Waals surface area (Å²) in [4.78, 5) is 12.1. The molecule has 31 heavy (non-hydrogen) atoms. The van der Waals surface area contributed by atoms with Crippen LogP contribution < -0.4 is 28.4 Å². The molecule has 2 aliphatic rings. The molecule has 2 aliphatic heterocycles. The summed E-state index contributed by atoms with van der Waals surface area (Å²) in [5, 5.41) is 0. The summed E-state index contributed by atoms with van der Waals surface area (Å²) in [6.45, 7) is 4.29. The van der Waals surface area contributed by atoms with Crippen molar-refractivity contribution >= 4 is 5.97 Å². The van der Waals surface area contributed by atoms with Crippen LogP contribution in [0.5, 0.6) is 34.5 Å². The molecule has 1 fully saturated rings. The molecule has 2 atom stereocenters. The van der Waals surface area contributed by atoms with Crippen LogP contribution in [-0.4, -0.2) is 47.8 Å². The summed E-state index contributed by atoms with van der Waals surface area (Å²) in [6, 6.07) is 7.48. The molecule has 164 valence electrons. The molecule has 8 heteroatoms. The second-order valence-corrected chi connectivity index (χ2v) is 7.12. The highest BCUT2D eigenvalue weighted by molar-refractivity contribution is 5.90. The van der Waals surface area contributed by atoms with Crippen molar-refractivity contribution in [2.75, 3.05) is 41.8 Å². The second-order valence-electron chi connectivity index (χ2n) is 7.12. The van der Waals surface area contributed by atoms with E-state index in [0.717, 1.165) is 11.1 Å². The molecule has 8 nitrogen and oxygen atoms in total. The van der Waals surface area contributed by atoms with Gasteiger partial charge in [-0.1, -0.05) is 6.58 Å². The first-order chi connectivity index (χ1) is 15.0. The van der Waals surface area contributed by atoms with E-state index in [1.807, 2.05) is 24.3 Å².